The first-order valence-corrected chi connectivity index (χ1v) is 10.6. The van der Waals surface area contributed by atoms with Crippen LogP contribution in [0.2, 0.25) is 0 Å². The third-order valence-electron chi connectivity index (χ3n) is 4.99. The second kappa shape index (κ2) is 8.52. The van der Waals surface area contributed by atoms with Crippen LogP contribution in [0, 0.1) is 13.8 Å². The van der Waals surface area contributed by atoms with E-state index in [4.69, 9.17) is 4.74 Å². The van der Waals surface area contributed by atoms with E-state index in [2.05, 4.69) is 82.1 Å². The summed E-state index contributed by atoms with van der Waals surface area (Å²) >= 11 is 1.62. The molecule has 0 spiro atoms. The number of rotatable bonds is 6. The number of nitrogens with zero attached hydrogens (tertiary/aromatic N) is 5. The van der Waals surface area contributed by atoms with Gasteiger partial charge >= 0.3 is 0 Å². The summed E-state index contributed by atoms with van der Waals surface area (Å²) < 4.78 is 8.01. The molecule has 1 aliphatic heterocycles. The highest BCUT2D eigenvalue weighted by atomic mass is 32.2. The van der Waals surface area contributed by atoms with Crippen LogP contribution in [0.5, 0.6) is 0 Å². The number of thioether (sulfide) groups is 1. The molecular formula is C21H26N6OS. The lowest BCUT2D eigenvalue weighted by Crippen LogP contribution is -2.17. The van der Waals surface area contributed by atoms with Gasteiger partial charge in [-0.1, -0.05) is 41.6 Å². The zero-order valence-corrected chi connectivity index (χ0v) is 18.0. The molecule has 1 N–H and O–H groups in total. The Bertz CT molecular complexity index is 972. The van der Waals surface area contributed by atoms with Crippen molar-refractivity contribution in [2.75, 3.05) is 31.3 Å². The first-order chi connectivity index (χ1) is 14.0. The fraction of sp³-hybridized carbons (Fsp3) is 0.381. The molecule has 0 amide bonds. The minimum Gasteiger partial charge on any atom is -0.378 e. The first-order valence-electron chi connectivity index (χ1n) is 9.66. The first kappa shape index (κ1) is 19.9. The summed E-state index contributed by atoms with van der Waals surface area (Å²) in [7, 11) is 4.08. The number of benzene rings is 2. The average molecular weight is 411 g/mol. The quantitative estimate of drug-likeness (QED) is 0.626. The molecule has 1 saturated heterocycles. The highest BCUT2D eigenvalue weighted by Gasteiger charge is 2.26. The van der Waals surface area contributed by atoms with Crippen LogP contribution in [0.15, 0.2) is 47.6 Å². The van der Waals surface area contributed by atoms with Gasteiger partial charge in [0.15, 0.2) is 0 Å². The summed E-state index contributed by atoms with van der Waals surface area (Å²) in [6.45, 7) is 4.97. The maximum Gasteiger partial charge on any atom is 0.214 e. The van der Waals surface area contributed by atoms with E-state index in [-0.39, 0.29) is 12.3 Å². The number of hydrogen-bond donors (Lipinski definition) is 1. The van der Waals surface area contributed by atoms with Crippen molar-refractivity contribution >= 4 is 17.4 Å². The van der Waals surface area contributed by atoms with Crippen LogP contribution < -0.4 is 10.2 Å². The zero-order chi connectivity index (χ0) is 20.4. The van der Waals surface area contributed by atoms with E-state index in [0.29, 0.717) is 0 Å². The van der Waals surface area contributed by atoms with E-state index < -0.39 is 0 Å². The minimum atomic E-state index is -0.0767. The van der Waals surface area contributed by atoms with Gasteiger partial charge in [0.25, 0.3) is 0 Å². The number of hydrogen-bond acceptors (Lipinski definition) is 7. The second-order valence-corrected chi connectivity index (χ2v) is 8.49. The largest absolute Gasteiger partial charge is 0.378 e. The predicted octanol–water partition coefficient (Wildman–Crippen LogP) is 3.12. The van der Waals surface area contributed by atoms with Gasteiger partial charge in [-0.25, -0.2) is 0 Å². The van der Waals surface area contributed by atoms with Crippen LogP contribution in [0.3, 0.4) is 0 Å². The molecule has 2 aromatic carbocycles. The van der Waals surface area contributed by atoms with E-state index in [0.717, 1.165) is 34.3 Å². The third-order valence-corrected chi connectivity index (χ3v) is 6.04. The third kappa shape index (κ3) is 4.44. The Balaban J connectivity index is 1.38. The molecule has 1 fully saturated rings. The van der Waals surface area contributed by atoms with Crippen LogP contribution in [0.1, 0.15) is 22.9 Å². The Labute approximate surface area is 175 Å². The summed E-state index contributed by atoms with van der Waals surface area (Å²) in [4.78, 5) is 2.09. The lowest BCUT2D eigenvalue weighted by atomic mass is 10.1. The molecule has 152 valence electrons. The van der Waals surface area contributed by atoms with Gasteiger partial charge in [0.1, 0.15) is 6.23 Å². The van der Waals surface area contributed by atoms with Crippen molar-refractivity contribution < 1.29 is 4.74 Å². The van der Waals surface area contributed by atoms with Gasteiger partial charge in [0.2, 0.25) is 5.16 Å². The average Bonchev–Trinajstić information content (AvgIpc) is 3.36. The zero-order valence-electron chi connectivity index (χ0n) is 17.2. The highest BCUT2D eigenvalue weighted by molar-refractivity contribution is 7.99. The molecule has 29 heavy (non-hydrogen) atoms. The van der Waals surface area contributed by atoms with E-state index in [1.54, 1.807) is 16.4 Å². The lowest BCUT2D eigenvalue weighted by Gasteiger charge is -2.16. The molecule has 3 aromatic rings. The summed E-state index contributed by atoms with van der Waals surface area (Å²) in [6.07, 6.45) is 0.0231. The van der Waals surface area contributed by atoms with Gasteiger partial charge in [-0.3, -0.25) is 5.32 Å². The number of tetrazole rings is 1. The van der Waals surface area contributed by atoms with Crippen molar-refractivity contribution in [3.63, 3.8) is 0 Å². The molecule has 0 bridgehead atoms. The second-order valence-electron chi connectivity index (χ2n) is 7.51. The van der Waals surface area contributed by atoms with Crippen LogP contribution in [-0.4, -0.2) is 52.7 Å². The minimum absolute atomic E-state index is 0.0767. The number of anilines is 1. The molecule has 4 rings (SSSR count). The Morgan fingerprint density at radius 1 is 1.17 bits per heavy atom. The van der Waals surface area contributed by atoms with E-state index in [9.17, 15) is 0 Å². The van der Waals surface area contributed by atoms with Crippen LogP contribution in [-0.2, 0) is 4.74 Å². The molecule has 7 nitrogen and oxygen atoms in total. The van der Waals surface area contributed by atoms with Gasteiger partial charge < -0.3 is 9.64 Å². The summed E-state index contributed by atoms with van der Waals surface area (Å²) in [5, 5.41) is 16.5. The van der Waals surface area contributed by atoms with Crippen LogP contribution in [0.25, 0.3) is 5.69 Å². The summed E-state index contributed by atoms with van der Waals surface area (Å²) in [5.41, 5.74) is 5.70. The SMILES string of the molecule is Cc1ccc(-n2nnnc2SC[C@H]2CN[C@@H](c3ccc(N(C)C)cc3)O2)c(C)c1. The van der Waals surface area contributed by atoms with E-state index in [1.807, 2.05) is 14.1 Å². The molecule has 2 heterocycles. The van der Waals surface area contributed by atoms with Gasteiger partial charge in [0, 0.05) is 32.1 Å². The van der Waals surface area contributed by atoms with Crippen LogP contribution in [0.4, 0.5) is 5.69 Å². The molecule has 1 aliphatic rings. The Morgan fingerprint density at radius 3 is 2.69 bits per heavy atom. The maximum absolute atomic E-state index is 6.21. The van der Waals surface area contributed by atoms with E-state index in [1.165, 1.54) is 11.3 Å². The molecule has 0 saturated carbocycles. The molecule has 2 atom stereocenters. The Hall–Kier alpha value is -2.42. The number of nitrogens with one attached hydrogen (secondary N) is 1. The van der Waals surface area contributed by atoms with Crippen molar-refractivity contribution in [3.8, 4) is 5.69 Å². The number of ether oxygens (including phenoxy) is 1. The molecule has 0 aliphatic carbocycles. The standard InChI is InChI=1S/C21H26N6OS/c1-14-5-10-19(15(2)11-14)27-21(23-24-25-27)29-13-18-12-22-20(28-18)16-6-8-17(9-7-16)26(3)4/h5-11,18,20,22H,12-13H2,1-4H3/t18-,20-/m1/s1. The maximum atomic E-state index is 6.21. The number of aromatic nitrogens is 4. The highest BCUT2D eigenvalue weighted by Crippen LogP contribution is 2.27. The number of aryl methyl sites for hydroxylation is 2. The van der Waals surface area contributed by atoms with Crippen molar-refractivity contribution in [3.05, 3.63) is 59.2 Å². The summed E-state index contributed by atoms with van der Waals surface area (Å²) in [5.74, 6) is 0.782. The van der Waals surface area contributed by atoms with Gasteiger partial charge in [0.05, 0.1) is 11.8 Å². The lowest BCUT2D eigenvalue weighted by molar-refractivity contribution is 0.0534. The fourth-order valence-electron chi connectivity index (χ4n) is 3.40. The van der Waals surface area contributed by atoms with Crippen molar-refractivity contribution in [2.24, 2.45) is 0 Å². The van der Waals surface area contributed by atoms with Gasteiger partial charge in [-0.05, 0) is 53.6 Å². The predicted molar refractivity (Wildman–Crippen MR) is 116 cm³/mol. The van der Waals surface area contributed by atoms with Crippen molar-refractivity contribution in [2.45, 2.75) is 31.3 Å². The fourth-order valence-corrected chi connectivity index (χ4v) is 4.28. The Kier molecular flexibility index (Phi) is 5.84. The van der Waals surface area contributed by atoms with Crippen LogP contribution >= 0.6 is 11.8 Å². The summed E-state index contributed by atoms with van der Waals surface area (Å²) in [6, 6.07) is 14.7. The van der Waals surface area contributed by atoms with Gasteiger partial charge in [-0.2, -0.15) is 4.68 Å². The Morgan fingerprint density at radius 2 is 1.97 bits per heavy atom. The molecular weight excluding hydrogens is 384 g/mol. The molecule has 0 unspecified atom stereocenters. The molecule has 1 aromatic heterocycles. The van der Waals surface area contributed by atoms with Crippen molar-refractivity contribution in [1.82, 2.24) is 25.5 Å². The monoisotopic (exact) mass is 410 g/mol. The van der Waals surface area contributed by atoms with E-state index >= 15 is 0 Å². The van der Waals surface area contributed by atoms with Gasteiger partial charge in [-0.15, -0.1) is 5.10 Å². The van der Waals surface area contributed by atoms with Crippen molar-refractivity contribution in [1.29, 1.82) is 0 Å². The topological polar surface area (TPSA) is 68.1 Å². The normalized spacial score (nSPS) is 18.9. The molecule has 8 heteroatoms. The molecule has 0 radical (unpaired) electrons. The smallest absolute Gasteiger partial charge is 0.214 e.